The van der Waals surface area contributed by atoms with Crippen molar-refractivity contribution in [2.75, 3.05) is 12.3 Å². The highest BCUT2D eigenvalue weighted by Gasteiger charge is 2.29. The Hall–Kier alpha value is 0.340. The fraction of sp³-hybridized carbons (Fsp3) is 1.00. The first kappa shape index (κ1) is 15.3. The quantitative estimate of drug-likeness (QED) is 0.516. The molecule has 0 aliphatic carbocycles. The monoisotopic (exact) mass is 258 g/mol. The van der Waals surface area contributed by atoms with Crippen LogP contribution in [0.25, 0.3) is 0 Å². The van der Waals surface area contributed by atoms with Crippen molar-refractivity contribution in [3.63, 3.8) is 0 Å². The first-order chi connectivity index (χ1) is 6.83. The lowest BCUT2D eigenvalue weighted by molar-refractivity contribution is 0.332. The molecule has 0 radical (unpaired) electrons. The number of rotatable bonds is 8. The van der Waals surface area contributed by atoms with Gasteiger partial charge >= 0.3 is 15.2 Å². The van der Waals surface area contributed by atoms with E-state index in [9.17, 15) is 14.0 Å². The molecule has 0 saturated heterocycles. The third kappa shape index (κ3) is 8.18. The molecule has 0 bridgehead atoms. The molecule has 5 nitrogen and oxygen atoms in total. The Morgan fingerprint density at radius 2 is 1.60 bits per heavy atom. The highest BCUT2D eigenvalue weighted by molar-refractivity contribution is 7.66. The Balaban J connectivity index is 3.97. The predicted molar refractivity (Wildman–Crippen MR) is 60.3 cm³/mol. The molecule has 15 heavy (non-hydrogen) atoms. The van der Waals surface area contributed by atoms with Gasteiger partial charge in [-0.05, 0) is 6.42 Å². The highest BCUT2D eigenvalue weighted by Crippen LogP contribution is 2.59. The maximum atomic E-state index is 11.4. The second kappa shape index (κ2) is 6.82. The molecule has 0 aromatic carbocycles. The Kier molecular flexibility index (Phi) is 6.98. The van der Waals surface area contributed by atoms with E-state index in [1.807, 2.05) is 6.92 Å². The zero-order chi connectivity index (χ0) is 11.9. The van der Waals surface area contributed by atoms with Crippen LogP contribution in [0, 0.1) is 0 Å². The van der Waals surface area contributed by atoms with Crippen LogP contribution in [-0.2, 0) is 13.4 Å². The summed E-state index contributed by atoms with van der Waals surface area (Å²) in [6, 6.07) is 0. The van der Waals surface area contributed by atoms with E-state index in [1.165, 1.54) is 6.92 Å². The fourth-order valence-corrected chi connectivity index (χ4v) is 4.04. The van der Waals surface area contributed by atoms with Gasteiger partial charge < -0.3 is 9.79 Å². The molecular weight excluding hydrogens is 238 g/mol. The molecule has 0 heterocycles. The summed E-state index contributed by atoms with van der Waals surface area (Å²) >= 11 is 0. The largest absolute Gasteiger partial charge is 0.335 e. The number of unbranched alkanes of at least 4 members (excludes halogenated alkanes) is 3. The van der Waals surface area contributed by atoms with Gasteiger partial charge in [-0.3, -0.25) is 9.13 Å². The van der Waals surface area contributed by atoms with Gasteiger partial charge in [0.2, 0.25) is 0 Å². The van der Waals surface area contributed by atoms with Crippen molar-refractivity contribution in [3.05, 3.63) is 0 Å². The van der Waals surface area contributed by atoms with Gasteiger partial charge in [0.25, 0.3) is 0 Å². The molecule has 2 unspecified atom stereocenters. The third-order valence-corrected chi connectivity index (χ3v) is 5.67. The van der Waals surface area contributed by atoms with Crippen molar-refractivity contribution in [2.45, 2.75) is 39.5 Å². The summed E-state index contributed by atoms with van der Waals surface area (Å²) in [7, 11) is -7.75. The molecule has 0 rings (SSSR count). The first-order valence-electron chi connectivity index (χ1n) is 5.18. The lowest BCUT2D eigenvalue weighted by Gasteiger charge is -2.15. The van der Waals surface area contributed by atoms with Gasteiger partial charge in [0.05, 0.1) is 6.16 Å². The summed E-state index contributed by atoms with van der Waals surface area (Å²) in [5.74, 6) is 0. The second-order valence-corrected chi connectivity index (χ2v) is 7.74. The lowest BCUT2D eigenvalue weighted by atomic mass is 10.2. The summed E-state index contributed by atoms with van der Waals surface area (Å²) in [5, 5.41) is 0. The Bertz CT molecular complexity index is 266. The van der Waals surface area contributed by atoms with Crippen molar-refractivity contribution >= 4 is 15.2 Å². The van der Waals surface area contributed by atoms with E-state index in [0.29, 0.717) is 6.42 Å². The SMILES string of the molecule is CCCCCCP(=O)(O)OP(=O)(O)CC. The van der Waals surface area contributed by atoms with Gasteiger partial charge in [-0.15, -0.1) is 0 Å². The van der Waals surface area contributed by atoms with Crippen molar-refractivity contribution < 1.29 is 23.2 Å². The molecule has 0 aromatic rings. The zero-order valence-electron chi connectivity index (χ0n) is 9.26. The van der Waals surface area contributed by atoms with Crippen LogP contribution < -0.4 is 0 Å². The van der Waals surface area contributed by atoms with E-state index < -0.39 is 15.2 Å². The Labute approximate surface area is 90.9 Å². The number of hydrogen-bond acceptors (Lipinski definition) is 3. The Morgan fingerprint density at radius 3 is 2.07 bits per heavy atom. The molecule has 0 aromatic heterocycles. The van der Waals surface area contributed by atoms with Gasteiger partial charge in [-0.2, -0.15) is 0 Å². The van der Waals surface area contributed by atoms with E-state index in [2.05, 4.69) is 4.31 Å². The average Bonchev–Trinajstić information content (AvgIpc) is 2.11. The minimum atomic E-state index is -3.88. The van der Waals surface area contributed by atoms with Crippen LogP contribution in [0.3, 0.4) is 0 Å². The van der Waals surface area contributed by atoms with Gasteiger partial charge in [0, 0.05) is 6.16 Å². The second-order valence-electron chi connectivity index (χ2n) is 3.46. The van der Waals surface area contributed by atoms with Crippen LogP contribution in [-0.4, -0.2) is 22.1 Å². The molecule has 2 N–H and O–H groups in total. The van der Waals surface area contributed by atoms with E-state index in [-0.39, 0.29) is 12.3 Å². The minimum absolute atomic E-state index is 0.0441. The standard InChI is InChI=1S/C8H20O5P2/c1-3-5-6-7-8-15(11,12)13-14(9,10)4-2/h3-8H2,1-2H3,(H,9,10)(H,11,12). The first-order valence-corrected chi connectivity index (χ1v) is 8.70. The van der Waals surface area contributed by atoms with Gasteiger partial charge in [-0.1, -0.05) is 33.1 Å². The molecule has 2 atom stereocenters. The molecular formula is C8H20O5P2. The van der Waals surface area contributed by atoms with Gasteiger partial charge in [-0.25, -0.2) is 4.31 Å². The van der Waals surface area contributed by atoms with Crippen LogP contribution in [0.4, 0.5) is 0 Å². The van der Waals surface area contributed by atoms with E-state index >= 15 is 0 Å². The third-order valence-electron chi connectivity index (χ3n) is 1.95. The summed E-state index contributed by atoms with van der Waals surface area (Å²) in [6.07, 6.45) is 3.22. The van der Waals surface area contributed by atoms with Crippen LogP contribution in [0.2, 0.25) is 0 Å². The van der Waals surface area contributed by atoms with Gasteiger partial charge in [0.15, 0.2) is 0 Å². The van der Waals surface area contributed by atoms with E-state index in [1.54, 1.807) is 0 Å². The van der Waals surface area contributed by atoms with Crippen LogP contribution in [0.1, 0.15) is 39.5 Å². The van der Waals surface area contributed by atoms with Crippen molar-refractivity contribution in [1.29, 1.82) is 0 Å². The molecule has 0 saturated carbocycles. The molecule has 92 valence electrons. The number of hydrogen-bond donors (Lipinski definition) is 2. The molecule has 7 heteroatoms. The zero-order valence-corrected chi connectivity index (χ0v) is 11.0. The van der Waals surface area contributed by atoms with E-state index in [0.717, 1.165) is 19.3 Å². The minimum Gasteiger partial charge on any atom is -0.324 e. The van der Waals surface area contributed by atoms with Crippen molar-refractivity contribution in [3.8, 4) is 0 Å². The molecule has 0 amide bonds. The van der Waals surface area contributed by atoms with Crippen LogP contribution in [0.15, 0.2) is 0 Å². The smallest absolute Gasteiger partial charge is 0.324 e. The van der Waals surface area contributed by atoms with Crippen LogP contribution in [0.5, 0.6) is 0 Å². The molecule has 0 aliphatic heterocycles. The lowest BCUT2D eigenvalue weighted by Crippen LogP contribution is -1.95. The van der Waals surface area contributed by atoms with Crippen molar-refractivity contribution in [2.24, 2.45) is 0 Å². The highest BCUT2D eigenvalue weighted by atomic mass is 31.3. The topological polar surface area (TPSA) is 83.8 Å². The molecule has 0 spiro atoms. The summed E-state index contributed by atoms with van der Waals surface area (Å²) in [5.41, 5.74) is 0. The maximum Gasteiger partial charge on any atom is 0.335 e. The Morgan fingerprint density at radius 1 is 1.00 bits per heavy atom. The summed E-state index contributed by atoms with van der Waals surface area (Å²) in [6.45, 7) is 3.48. The van der Waals surface area contributed by atoms with Gasteiger partial charge in [0.1, 0.15) is 0 Å². The molecule has 0 fully saturated rings. The fourth-order valence-electron chi connectivity index (χ4n) is 1.04. The van der Waals surface area contributed by atoms with Crippen LogP contribution >= 0.6 is 15.2 Å². The maximum absolute atomic E-state index is 11.4. The summed E-state index contributed by atoms with van der Waals surface area (Å²) in [4.78, 5) is 18.3. The average molecular weight is 258 g/mol. The normalized spacial score (nSPS) is 19.5. The van der Waals surface area contributed by atoms with E-state index in [4.69, 9.17) is 4.89 Å². The van der Waals surface area contributed by atoms with Crippen molar-refractivity contribution in [1.82, 2.24) is 0 Å². The predicted octanol–water partition coefficient (Wildman–Crippen LogP) is 2.97. The summed E-state index contributed by atoms with van der Waals surface area (Å²) < 4.78 is 26.8. The molecule has 0 aliphatic rings.